The van der Waals surface area contributed by atoms with E-state index in [9.17, 15) is 107 Å². The molecule has 0 unspecified atom stereocenters. The van der Waals surface area contributed by atoms with Gasteiger partial charge in [-0.25, -0.2) is 14.4 Å². The standard InChI is InChI=1S/C61H86N12O23/c1-31(65-34(4)74)51(84)66-32(2)52(85)67-33(3)53(86)68-41(19-23-48(78)79)57(90)70-42(20-24-49(80)81)58(91)69-40(18-22-47(76)77)55(88)64-30-46(75)63-29-35-12-16-38(17-13-35)54(87)71-45(28-36-14-15-37-9-5-6-10-39(37)27-36)56(89)62-26-8-7-11-43(59(92)93)72-61(96)73-44(60(94)95)21-25-50(82)83/h5-6,9-10,14-15,27,31-33,35,38,40-45H,7-8,11-13,16-26,28-30H2,1-4H3,(H,62,89)(H,63,75)(H,64,88)(H,65,74)(H,66,84)(H,67,85)(H,68,86)(H,69,91)(H,70,90)(H,71,87)(H,76,77)(H,78,79)(H,80,81)(H,82,83)(H,92,93)(H,94,95)(H2,72,73,96)/t31-,32-,33-,35?,38?,40-,41-,42-,43-,44-,45-/m0/s1. The average Bonchev–Trinajstić information content (AvgIpc) is 0.853. The van der Waals surface area contributed by atoms with Crippen LogP contribution < -0.4 is 63.8 Å². The molecule has 1 saturated carbocycles. The maximum absolute atomic E-state index is 13.9. The molecule has 0 heterocycles. The normalized spacial score (nSPS) is 16.1. The van der Waals surface area contributed by atoms with E-state index >= 15 is 0 Å². The van der Waals surface area contributed by atoms with Crippen molar-refractivity contribution >= 4 is 112 Å². The topological polar surface area (TPSA) is 556 Å². The minimum absolute atomic E-state index is 0.0353. The van der Waals surface area contributed by atoms with E-state index in [-0.39, 0.29) is 44.7 Å². The highest BCUT2D eigenvalue weighted by Crippen LogP contribution is 2.29. The van der Waals surface area contributed by atoms with Crippen molar-refractivity contribution in [1.29, 1.82) is 0 Å². The smallest absolute Gasteiger partial charge is 0.326 e. The molecule has 1 fully saturated rings. The van der Waals surface area contributed by atoms with Crippen LogP contribution in [-0.2, 0) is 83.1 Å². The second kappa shape index (κ2) is 40.6. The number of carboxylic acids is 6. The Bertz CT molecular complexity index is 3160. The van der Waals surface area contributed by atoms with Crippen LogP contribution in [0.3, 0.4) is 0 Å². The summed E-state index contributed by atoms with van der Waals surface area (Å²) in [6.07, 6.45) is -3.07. The van der Waals surface area contributed by atoms with Crippen LogP contribution in [-0.4, -0.2) is 206 Å². The van der Waals surface area contributed by atoms with E-state index in [1.807, 2.05) is 42.5 Å². The zero-order valence-corrected chi connectivity index (χ0v) is 53.5. The number of unbranched alkanes of at least 4 members (excludes halogenated alkanes) is 1. The van der Waals surface area contributed by atoms with Gasteiger partial charge in [0.15, 0.2) is 0 Å². The molecular weight excluding hydrogens is 1270 g/mol. The highest BCUT2D eigenvalue weighted by molar-refractivity contribution is 5.98. The molecule has 0 saturated heterocycles. The number of carboxylic acid groups (broad SMARTS) is 6. The molecular formula is C61H86N12O23. The average molecular weight is 1360 g/mol. The van der Waals surface area contributed by atoms with Gasteiger partial charge >= 0.3 is 41.8 Å². The summed E-state index contributed by atoms with van der Waals surface area (Å²) in [6.45, 7) is 4.44. The molecule has 1 aliphatic carbocycles. The zero-order chi connectivity index (χ0) is 71.8. The van der Waals surface area contributed by atoms with Crippen LogP contribution in [0.25, 0.3) is 10.8 Å². The molecule has 0 radical (unpaired) electrons. The monoisotopic (exact) mass is 1350 g/mol. The maximum atomic E-state index is 13.9. The summed E-state index contributed by atoms with van der Waals surface area (Å²) >= 11 is 0. The summed E-state index contributed by atoms with van der Waals surface area (Å²) in [7, 11) is 0. The van der Waals surface area contributed by atoms with Gasteiger partial charge in [0.1, 0.15) is 54.4 Å². The number of urea groups is 1. The minimum atomic E-state index is -1.81. The highest BCUT2D eigenvalue weighted by atomic mass is 16.4. The molecule has 35 nitrogen and oxygen atoms in total. The SMILES string of the molecule is CC(=O)N[C@@H](C)C(=O)N[C@@H](C)C(=O)N[C@@H](C)C(=O)N[C@@H](CCC(=O)O)C(=O)N[C@@H](CCC(=O)O)C(=O)N[C@@H](CCC(=O)O)C(=O)NCC(=O)NCC1CCC(C(=O)N[C@@H](Cc2ccc3ccccc3c2)C(=O)NCCCC[C@H](NC(=O)N[C@@H](CCC(=O)O)C(=O)O)C(=O)O)CC1. The molecule has 3 rings (SSSR count). The number of carbonyl (C=O) groups excluding carboxylic acids is 11. The van der Waals surface area contributed by atoms with Crippen molar-refractivity contribution in [3.63, 3.8) is 0 Å². The molecule has 9 atom stereocenters. The fraction of sp³-hybridized carbons (Fsp3) is 0.557. The first-order valence-corrected chi connectivity index (χ1v) is 31.0. The quantitative estimate of drug-likeness (QED) is 0.0315. The third-order valence-electron chi connectivity index (χ3n) is 15.3. The van der Waals surface area contributed by atoms with Gasteiger partial charge < -0.3 is 94.4 Å². The molecule has 2 aromatic rings. The van der Waals surface area contributed by atoms with Gasteiger partial charge in [-0.15, -0.1) is 0 Å². The summed E-state index contributed by atoms with van der Waals surface area (Å²) in [5.41, 5.74) is 0.731. The summed E-state index contributed by atoms with van der Waals surface area (Å²) in [6, 6.07) is -1.09. The van der Waals surface area contributed by atoms with Crippen LogP contribution in [0.15, 0.2) is 42.5 Å². The third kappa shape index (κ3) is 30.1. The third-order valence-corrected chi connectivity index (χ3v) is 15.3. The summed E-state index contributed by atoms with van der Waals surface area (Å²) in [4.78, 5) is 213. The molecule has 0 aliphatic heterocycles. The Morgan fingerprint density at radius 2 is 0.865 bits per heavy atom. The lowest BCUT2D eigenvalue weighted by atomic mass is 9.81. The number of nitrogens with one attached hydrogen (secondary N) is 12. The lowest BCUT2D eigenvalue weighted by Crippen LogP contribution is -2.59. The molecule has 0 aromatic heterocycles. The fourth-order valence-corrected chi connectivity index (χ4v) is 9.92. The van der Waals surface area contributed by atoms with Crippen LogP contribution in [0.1, 0.15) is 130 Å². The van der Waals surface area contributed by atoms with Crippen molar-refractivity contribution in [3.05, 3.63) is 48.0 Å². The Morgan fingerprint density at radius 1 is 0.427 bits per heavy atom. The van der Waals surface area contributed by atoms with Gasteiger partial charge in [0.2, 0.25) is 59.1 Å². The predicted octanol–water partition coefficient (Wildman–Crippen LogP) is -2.15. The van der Waals surface area contributed by atoms with E-state index in [0.29, 0.717) is 25.7 Å². The summed E-state index contributed by atoms with van der Waals surface area (Å²) in [5.74, 6) is -17.5. The van der Waals surface area contributed by atoms with E-state index < -0.39 is 219 Å². The van der Waals surface area contributed by atoms with Gasteiger partial charge in [0.05, 0.1) is 6.54 Å². The Labute approximate surface area is 550 Å². The number of carbonyl (C=O) groups is 17. The van der Waals surface area contributed by atoms with E-state index in [1.165, 1.54) is 27.7 Å². The van der Waals surface area contributed by atoms with Crippen LogP contribution in [0.2, 0.25) is 0 Å². The maximum Gasteiger partial charge on any atom is 0.326 e. The van der Waals surface area contributed by atoms with E-state index in [1.54, 1.807) is 0 Å². The van der Waals surface area contributed by atoms with Crippen LogP contribution >= 0.6 is 0 Å². The molecule has 1 aliphatic rings. The van der Waals surface area contributed by atoms with Crippen molar-refractivity contribution in [2.24, 2.45) is 11.8 Å². The Balaban J connectivity index is 1.61. The number of fused-ring (bicyclic) bond motifs is 1. The summed E-state index contributed by atoms with van der Waals surface area (Å²) < 4.78 is 0. The Kier molecular flexibility index (Phi) is 33.7. The molecule has 2 aromatic carbocycles. The Morgan fingerprint density at radius 3 is 1.35 bits per heavy atom. The first-order chi connectivity index (χ1) is 45.2. The van der Waals surface area contributed by atoms with E-state index in [0.717, 1.165) is 16.3 Å². The molecule has 0 spiro atoms. The molecule has 0 bridgehead atoms. The molecule has 35 heteroatoms. The molecule has 96 heavy (non-hydrogen) atoms. The molecule has 12 amide bonds. The van der Waals surface area contributed by atoms with Crippen molar-refractivity contribution in [3.8, 4) is 0 Å². The van der Waals surface area contributed by atoms with Crippen molar-refractivity contribution in [1.82, 2.24) is 63.8 Å². The Hall–Kier alpha value is -10.5. The van der Waals surface area contributed by atoms with Gasteiger partial charge in [-0.3, -0.25) is 67.1 Å². The van der Waals surface area contributed by atoms with Gasteiger partial charge in [-0.05, 0) is 114 Å². The number of amides is 12. The van der Waals surface area contributed by atoms with Crippen LogP contribution in [0.5, 0.6) is 0 Å². The minimum Gasteiger partial charge on any atom is -0.481 e. The second-order valence-corrected chi connectivity index (χ2v) is 23.2. The van der Waals surface area contributed by atoms with Crippen molar-refractivity contribution < 1.29 is 112 Å². The first kappa shape index (κ1) is 79.7. The van der Waals surface area contributed by atoms with Gasteiger partial charge in [0.25, 0.3) is 0 Å². The molecule has 18 N–H and O–H groups in total. The van der Waals surface area contributed by atoms with Gasteiger partial charge in [-0.1, -0.05) is 42.5 Å². The van der Waals surface area contributed by atoms with E-state index in [4.69, 9.17) is 5.11 Å². The van der Waals surface area contributed by atoms with Crippen LogP contribution in [0, 0.1) is 11.8 Å². The molecule has 528 valence electrons. The largest absolute Gasteiger partial charge is 0.481 e. The number of hydrogen-bond donors (Lipinski definition) is 18. The number of rotatable bonds is 42. The first-order valence-electron chi connectivity index (χ1n) is 31.0. The highest BCUT2D eigenvalue weighted by Gasteiger charge is 2.34. The van der Waals surface area contributed by atoms with Crippen molar-refractivity contribution in [2.45, 2.75) is 185 Å². The lowest BCUT2D eigenvalue weighted by Gasteiger charge is -2.29. The number of hydrogen-bond acceptors (Lipinski definition) is 17. The predicted molar refractivity (Wildman–Crippen MR) is 334 cm³/mol. The number of benzene rings is 2. The van der Waals surface area contributed by atoms with Gasteiger partial charge in [-0.2, -0.15) is 0 Å². The zero-order valence-electron chi connectivity index (χ0n) is 53.5. The van der Waals surface area contributed by atoms with Crippen molar-refractivity contribution in [2.75, 3.05) is 19.6 Å². The number of aliphatic carboxylic acids is 6. The van der Waals surface area contributed by atoms with E-state index in [2.05, 4.69) is 63.8 Å². The lowest BCUT2D eigenvalue weighted by molar-refractivity contribution is -0.141. The van der Waals surface area contributed by atoms with Gasteiger partial charge in [0, 0.05) is 58.0 Å². The van der Waals surface area contributed by atoms with Crippen LogP contribution in [0.4, 0.5) is 4.79 Å². The fourth-order valence-electron chi connectivity index (χ4n) is 9.92. The summed E-state index contributed by atoms with van der Waals surface area (Å²) in [5, 5.41) is 86.7. The second-order valence-electron chi connectivity index (χ2n) is 23.2.